The number of ether oxygens (including phenoxy) is 1. The molecule has 0 aliphatic carbocycles. The lowest BCUT2D eigenvalue weighted by atomic mass is 10.1. The van der Waals surface area contributed by atoms with Gasteiger partial charge in [0.1, 0.15) is 5.75 Å². The quantitative estimate of drug-likeness (QED) is 0.429. The summed E-state index contributed by atoms with van der Waals surface area (Å²) >= 11 is 1.61. The van der Waals surface area contributed by atoms with Crippen LogP contribution in [0.3, 0.4) is 0 Å². The van der Waals surface area contributed by atoms with E-state index in [4.69, 9.17) is 9.72 Å². The van der Waals surface area contributed by atoms with E-state index >= 15 is 0 Å². The van der Waals surface area contributed by atoms with Crippen molar-refractivity contribution in [2.75, 3.05) is 13.7 Å². The summed E-state index contributed by atoms with van der Waals surface area (Å²) in [7, 11) is 1.82. The Bertz CT molecular complexity index is 1150. The molecule has 0 N–H and O–H groups in total. The van der Waals surface area contributed by atoms with Crippen LogP contribution in [-0.2, 0) is 13.1 Å². The van der Waals surface area contributed by atoms with Gasteiger partial charge in [0.15, 0.2) is 5.65 Å². The second-order valence-electron chi connectivity index (χ2n) is 6.97. The van der Waals surface area contributed by atoms with Crippen molar-refractivity contribution in [2.24, 2.45) is 0 Å². The number of aromatic nitrogens is 3. The van der Waals surface area contributed by atoms with Crippen molar-refractivity contribution in [1.29, 1.82) is 0 Å². The number of hydrogen-bond donors (Lipinski definition) is 0. The van der Waals surface area contributed by atoms with E-state index in [0.29, 0.717) is 25.3 Å². The maximum absolute atomic E-state index is 13.4. The molecule has 0 aliphatic rings. The highest BCUT2D eigenvalue weighted by atomic mass is 32.1. The van der Waals surface area contributed by atoms with Crippen molar-refractivity contribution < 1.29 is 9.53 Å². The lowest BCUT2D eigenvalue weighted by molar-refractivity contribution is 0.0787. The molecule has 0 spiro atoms. The molecule has 7 heteroatoms. The van der Waals surface area contributed by atoms with E-state index in [9.17, 15) is 4.79 Å². The summed E-state index contributed by atoms with van der Waals surface area (Å²) in [5.41, 5.74) is 3.20. The third-order valence-electron chi connectivity index (χ3n) is 4.91. The molecule has 4 aromatic rings. The zero-order valence-corrected chi connectivity index (χ0v) is 18.1. The van der Waals surface area contributed by atoms with Gasteiger partial charge in [0, 0.05) is 20.1 Å². The normalized spacial score (nSPS) is 11.0. The Morgan fingerprint density at radius 1 is 1.20 bits per heavy atom. The molecule has 3 heterocycles. The molecule has 0 radical (unpaired) electrons. The maximum Gasteiger partial charge on any atom is 0.254 e. The smallest absolute Gasteiger partial charge is 0.254 e. The van der Waals surface area contributed by atoms with Gasteiger partial charge in [-0.1, -0.05) is 18.2 Å². The van der Waals surface area contributed by atoms with E-state index < -0.39 is 0 Å². The second kappa shape index (κ2) is 8.67. The number of benzene rings is 1. The van der Waals surface area contributed by atoms with Crippen LogP contribution < -0.4 is 4.74 Å². The summed E-state index contributed by atoms with van der Waals surface area (Å²) < 4.78 is 7.33. The Balaban J connectivity index is 1.67. The van der Waals surface area contributed by atoms with E-state index in [0.717, 1.165) is 32.9 Å². The average molecular weight is 421 g/mol. The van der Waals surface area contributed by atoms with Gasteiger partial charge in [0.05, 0.1) is 34.3 Å². The van der Waals surface area contributed by atoms with E-state index in [1.165, 1.54) is 0 Å². The summed E-state index contributed by atoms with van der Waals surface area (Å²) in [4.78, 5) is 20.9. The topological polar surface area (TPSA) is 60.2 Å². The lowest BCUT2D eigenvalue weighted by Crippen LogP contribution is -2.26. The third kappa shape index (κ3) is 3.93. The van der Waals surface area contributed by atoms with Crippen LogP contribution in [-0.4, -0.2) is 39.2 Å². The van der Waals surface area contributed by atoms with Crippen LogP contribution in [0.4, 0.5) is 0 Å². The minimum Gasteiger partial charge on any atom is -0.494 e. The number of aryl methyl sites for hydroxylation is 1. The first kappa shape index (κ1) is 20.1. The molecule has 0 bridgehead atoms. The van der Waals surface area contributed by atoms with E-state index in [2.05, 4.69) is 5.10 Å². The largest absolute Gasteiger partial charge is 0.494 e. The third-order valence-corrected chi connectivity index (χ3v) is 5.81. The zero-order valence-electron chi connectivity index (χ0n) is 17.3. The Labute approximate surface area is 179 Å². The molecule has 0 fully saturated rings. The van der Waals surface area contributed by atoms with Crippen molar-refractivity contribution in [3.8, 4) is 16.3 Å². The summed E-state index contributed by atoms with van der Waals surface area (Å²) in [6, 6.07) is 13.7. The fourth-order valence-corrected chi connectivity index (χ4v) is 4.10. The Morgan fingerprint density at radius 2 is 2.00 bits per heavy atom. The van der Waals surface area contributed by atoms with Crippen molar-refractivity contribution >= 4 is 28.3 Å². The Hall–Kier alpha value is -3.19. The minimum absolute atomic E-state index is 0.0512. The van der Waals surface area contributed by atoms with Crippen LogP contribution in [0.2, 0.25) is 0 Å². The number of carbonyl (C=O) groups excluding carboxylic acids is 1. The van der Waals surface area contributed by atoms with Crippen molar-refractivity contribution in [3.63, 3.8) is 0 Å². The molecule has 154 valence electrons. The second-order valence-corrected chi connectivity index (χ2v) is 7.92. The fourth-order valence-electron chi connectivity index (χ4n) is 3.42. The van der Waals surface area contributed by atoms with Crippen molar-refractivity contribution in [1.82, 2.24) is 19.7 Å². The molecule has 4 rings (SSSR count). The molecular formula is C23H24N4O2S. The van der Waals surface area contributed by atoms with E-state index in [1.807, 2.05) is 73.4 Å². The fraction of sp³-hybridized carbons (Fsp3) is 0.261. The van der Waals surface area contributed by atoms with Crippen LogP contribution in [0.15, 0.2) is 54.0 Å². The highest BCUT2D eigenvalue weighted by Gasteiger charge is 2.20. The van der Waals surface area contributed by atoms with Crippen LogP contribution in [0.5, 0.6) is 5.75 Å². The Kier molecular flexibility index (Phi) is 5.81. The van der Waals surface area contributed by atoms with Gasteiger partial charge >= 0.3 is 0 Å². The summed E-state index contributed by atoms with van der Waals surface area (Å²) in [5, 5.41) is 7.21. The highest BCUT2D eigenvalue weighted by Crippen LogP contribution is 2.28. The van der Waals surface area contributed by atoms with Gasteiger partial charge in [-0.25, -0.2) is 9.67 Å². The van der Waals surface area contributed by atoms with E-state index in [1.54, 1.807) is 22.4 Å². The predicted octanol–water partition coefficient (Wildman–Crippen LogP) is 4.85. The van der Waals surface area contributed by atoms with Gasteiger partial charge in [-0.3, -0.25) is 4.79 Å². The van der Waals surface area contributed by atoms with Gasteiger partial charge < -0.3 is 9.64 Å². The van der Waals surface area contributed by atoms with Crippen molar-refractivity contribution in [2.45, 2.75) is 26.9 Å². The number of pyridine rings is 1. The molecular weight excluding hydrogens is 396 g/mol. The standard InChI is InChI=1S/C23H24N4O2S/c1-4-27-22-19(14-24-27)18(13-20(25-22)21-7-6-12-30-21)23(28)26(3)15-16-8-10-17(11-9-16)29-5-2/h6-14H,4-5,15H2,1-3H3. The Morgan fingerprint density at radius 3 is 2.67 bits per heavy atom. The molecule has 0 aliphatic heterocycles. The van der Waals surface area contributed by atoms with Gasteiger partial charge in [-0.15, -0.1) is 11.3 Å². The number of rotatable bonds is 7. The SMILES string of the molecule is CCOc1ccc(CN(C)C(=O)c2cc(-c3cccs3)nc3c2cnn3CC)cc1. The number of hydrogen-bond acceptors (Lipinski definition) is 5. The summed E-state index contributed by atoms with van der Waals surface area (Å²) in [6.45, 7) is 5.81. The van der Waals surface area contributed by atoms with Crippen LogP contribution >= 0.6 is 11.3 Å². The highest BCUT2D eigenvalue weighted by molar-refractivity contribution is 7.13. The number of nitrogens with zero attached hydrogens (tertiary/aromatic N) is 4. The number of amides is 1. The van der Waals surface area contributed by atoms with E-state index in [-0.39, 0.29) is 5.91 Å². The minimum atomic E-state index is -0.0512. The van der Waals surface area contributed by atoms with Gasteiger partial charge in [-0.05, 0) is 49.1 Å². The molecule has 1 aromatic carbocycles. The van der Waals surface area contributed by atoms with Gasteiger partial charge in [0.2, 0.25) is 0 Å². The average Bonchev–Trinajstić information content (AvgIpc) is 3.44. The first-order valence-electron chi connectivity index (χ1n) is 9.98. The molecule has 3 aromatic heterocycles. The number of carbonyl (C=O) groups is 1. The first-order valence-corrected chi connectivity index (χ1v) is 10.9. The van der Waals surface area contributed by atoms with Crippen molar-refractivity contribution in [3.05, 3.63) is 65.2 Å². The maximum atomic E-state index is 13.4. The predicted molar refractivity (Wildman–Crippen MR) is 120 cm³/mol. The van der Waals surface area contributed by atoms with Gasteiger partial charge in [-0.2, -0.15) is 5.10 Å². The van der Waals surface area contributed by atoms with Crippen LogP contribution in [0.1, 0.15) is 29.8 Å². The number of thiophene rings is 1. The lowest BCUT2D eigenvalue weighted by Gasteiger charge is -2.18. The molecule has 6 nitrogen and oxygen atoms in total. The molecule has 0 saturated heterocycles. The van der Waals surface area contributed by atoms with Gasteiger partial charge in [0.25, 0.3) is 5.91 Å². The monoisotopic (exact) mass is 420 g/mol. The summed E-state index contributed by atoms with van der Waals surface area (Å²) in [5.74, 6) is 0.781. The molecule has 0 atom stereocenters. The number of fused-ring (bicyclic) bond motifs is 1. The van der Waals surface area contributed by atoms with Crippen LogP contribution in [0, 0.1) is 0 Å². The molecule has 0 saturated carbocycles. The molecule has 30 heavy (non-hydrogen) atoms. The zero-order chi connectivity index (χ0) is 21.1. The molecule has 1 amide bonds. The summed E-state index contributed by atoms with van der Waals surface area (Å²) in [6.07, 6.45) is 1.74. The molecule has 0 unspecified atom stereocenters. The van der Waals surface area contributed by atoms with Crippen LogP contribution in [0.25, 0.3) is 21.6 Å². The first-order chi connectivity index (χ1) is 14.6.